The normalized spacial score (nSPS) is 15.1. The summed E-state index contributed by atoms with van der Waals surface area (Å²) in [5.74, 6) is 1.47. The van der Waals surface area contributed by atoms with Crippen molar-refractivity contribution in [3.8, 4) is 0 Å². The molecule has 0 aliphatic heterocycles. The summed E-state index contributed by atoms with van der Waals surface area (Å²) in [6.07, 6.45) is 6.29. The van der Waals surface area contributed by atoms with Crippen LogP contribution in [0.25, 0.3) is 16.5 Å². The quantitative estimate of drug-likeness (QED) is 0.742. The molecule has 1 aliphatic rings. The zero-order valence-electron chi connectivity index (χ0n) is 14.7. The van der Waals surface area contributed by atoms with E-state index in [4.69, 9.17) is 0 Å². The van der Waals surface area contributed by atoms with Gasteiger partial charge in [-0.1, -0.05) is 18.7 Å². The van der Waals surface area contributed by atoms with Crippen molar-refractivity contribution >= 4 is 22.4 Å². The van der Waals surface area contributed by atoms with Gasteiger partial charge in [-0.2, -0.15) is 0 Å². The lowest BCUT2D eigenvalue weighted by Crippen LogP contribution is -2.19. The summed E-state index contributed by atoms with van der Waals surface area (Å²) in [4.78, 5) is 13.5. The van der Waals surface area contributed by atoms with Crippen molar-refractivity contribution < 1.29 is 0 Å². The molecular weight excluding hydrogens is 308 g/mol. The molecule has 4 nitrogen and oxygen atoms in total. The second-order valence-electron chi connectivity index (χ2n) is 6.85. The van der Waals surface area contributed by atoms with Crippen molar-refractivity contribution in [1.82, 2.24) is 15.0 Å². The minimum atomic E-state index is 0.432. The van der Waals surface area contributed by atoms with Crippen LogP contribution in [0.2, 0.25) is 0 Å². The molecule has 0 unspecified atom stereocenters. The first-order valence-corrected chi connectivity index (χ1v) is 8.76. The molecule has 4 rings (SSSR count). The Balaban J connectivity index is 1.60. The van der Waals surface area contributed by atoms with E-state index in [1.807, 2.05) is 31.5 Å². The van der Waals surface area contributed by atoms with Gasteiger partial charge in [0.25, 0.3) is 0 Å². The Hall–Kier alpha value is -2.75. The predicted octanol–water partition coefficient (Wildman–Crippen LogP) is 4.61. The van der Waals surface area contributed by atoms with Crippen molar-refractivity contribution in [3.63, 3.8) is 0 Å². The van der Waals surface area contributed by atoms with Crippen molar-refractivity contribution in [2.75, 3.05) is 5.32 Å². The zero-order valence-corrected chi connectivity index (χ0v) is 14.7. The van der Waals surface area contributed by atoms with Crippen LogP contribution >= 0.6 is 0 Å². The molecule has 1 N–H and O–H groups in total. The molecule has 2 aromatic heterocycles. The van der Waals surface area contributed by atoms with E-state index in [9.17, 15) is 0 Å². The van der Waals surface area contributed by atoms with Crippen LogP contribution in [0.4, 0.5) is 5.95 Å². The van der Waals surface area contributed by atoms with Crippen LogP contribution in [0.15, 0.2) is 49.3 Å². The van der Waals surface area contributed by atoms with Gasteiger partial charge in [0.05, 0.1) is 11.2 Å². The first-order chi connectivity index (χ1) is 12.1. The van der Waals surface area contributed by atoms with E-state index in [0.29, 0.717) is 12.0 Å². The lowest BCUT2D eigenvalue weighted by atomic mass is 9.98. The Morgan fingerprint density at radius 2 is 2.08 bits per heavy atom. The molecule has 0 radical (unpaired) electrons. The van der Waals surface area contributed by atoms with Crippen LogP contribution in [-0.4, -0.2) is 21.0 Å². The number of pyridine rings is 1. The van der Waals surface area contributed by atoms with Crippen LogP contribution in [0, 0.1) is 12.8 Å². The van der Waals surface area contributed by atoms with E-state index >= 15 is 0 Å². The van der Waals surface area contributed by atoms with Gasteiger partial charge in [0, 0.05) is 29.4 Å². The second-order valence-corrected chi connectivity index (χ2v) is 6.85. The highest BCUT2D eigenvalue weighted by Crippen LogP contribution is 2.33. The van der Waals surface area contributed by atoms with Gasteiger partial charge in [-0.25, -0.2) is 9.97 Å². The standard InChI is InChI=1S/C21H22N4/c1-13(17-8-9-20-18(11-17)5-4-10-22-20)19-12-23-21(25-15(19)3)24-14(2)16-6-7-16/h4-5,8-12,14,16H,1,6-7H2,2-3H3,(H,23,24,25)/t14-/m1/s1. The minimum Gasteiger partial charge on any atom is -0.351 e. The number of benzene rings is 1. The topological polar surface area (TPSA) is 50.7 Å². The molecule has 1 atom stereocenters. The Kier molecular flexibility index (Phi) is 3.96. The number of anilines is 1. The lowest BCUT2D eigenvalue weighted by Gasteiger charge is -2.15. The molecule has 3 aromatic rings. The average Bonchev–Trinajstić information content (AvgIpc) is 3.46. The highest BCUT2D eigenvalue weighted by molar-refractivity contribution is 5.87. The fourth-order valence-corrected chi connectivity index (χ4v) is 3.17. The third-order valence-electron chi connectivity index (χ3n) is 4.94. The molecule has 2 heterocycles. The molecule has 1 saturated carbocycles. The summed E-state index contributed by atoms with van der Waals surface area (Å²) in [6, 6.07) is 10.6. The number of rotatable bonds is 5. The third kappa shape index (κ3) is 3.25. The highest BCUT2D eigenvalue weighted by atomic mass is 15.1. The maximum atomic E-state index is 4.64. The fraction of sp³-hybridized carbons (Fsp3) is 0.286. The second kappa shape index (κ2) is 6.28. The molecular formula is C21H22N4. The highest BCUT2D eigenvalue weighted by Gasteiger charge is 2.28. The van der Waals surface area contributed by atoms with Crippen LogP contribution < -0.4 is 5.32 Å². The Morgan fingerprint density at radius 3 is 2.84 bits per heavy atom. The van der Waals surface area contributed by atoms with Gasteiger partial charge >= 0.3 is 0 Å². The molecule has 0 spiro atoms. The lowest BCUT2D eigenvalue weighted by molar-refractivity contribution is 0.685. The van der Waals surface area contributed by atoms with E-state index in [2.05, 4.69) is 52.0 Å². The predicted molar refractivity (Wildman–Crippen MR) is 102 cm³/mol. The van der Waals surface area contributed by atoms with Gasteiger partial charge in [0.1, 0.15) is 0 Å². The summed E-state index contributed by atoms with van der Waals surface area (Å²) in [5.41, 5.74) is 4.91. The molecule has 0 amide bonds. The summed E-state index contributed by atoms with van der Waals surface area (Å²) in [7, 11) is 0. The fourth-order valence-electron chi connectivity index (χ4n) is 3.17. The van der Waals surface area contributed by atoms with Crippen molar-refractivity contribution in [2.24, 2.45) is 5.92 Å². The average molecular weight is 330 g/mol. The van der Waals surface area contributed by atoms with E-state index < -0.39 is 0 Å². The summed E-state index contributed by atoms with van der Waals surface area (Å²) in [6.45, 7) is 8.48. The Morgan fingerprint density at radius 1 is 1.24 bits per heavy atom. The minimum absolute atomic E-state index is 0.432. The smallest absolute Gasteiger partial charge is 0.223 e. The van der Waals surface area contributed by atoms with E-state index in [0.717, 1.165) is 39.2 Å². The largest absolute Gasteiger partial charge is 0.351 e. The molecule has 1 aromatic carbocycles. The SMILES string of the molecule is C=C(c1ccc2ncccc2c1)c1cnc(N[C@H](C)C2CC2)nc1C. The number of fused-ring (bicyclic) bond motifs is 1. The van der Waals surface area contributed by atoms with Gasteiger partial charge < -0.3 is 5.32 Å². The molecule has 0 saturated heterocycles. The van der Waals surface area contributed by atoms with E-state index in [1.165, 1.54) is 12.8 Å². The summed E-state index contributed by atoms with van der Waals surface area (Å²) >= 11 is 0. The van der Waals surface area contributed by atoms with E-state index in [-0.39, 0.29) is 0 Å². The van der Waals surface area contributed by atoms with Crippen LogP contribution in [0.3, 0.4) is 0 Å². The van der Waals surface area contributed by atoms with Gasteiger partial charge in [-0.15, -0.1) is 0 Å². The number of hydrogen-bond acceptors (Lipinski definition) is 4. The van der Waals surface area contributed by atoms with Crippen molar-refractivity contribution in [3.05, 3.63) is 66.1 Å². The molecule has 126 valence electrons. The van der Waals surface area contributed by atoms with Crippen LogP contribution in [0.5, 0.6) is 0 Å². The van der Waals surface area contributed by atoms with Crippen LogP contribution in [-0.2, 0) is 0 Å². The molecule has 0 bridgehead atoms. The van der Waals surface area contributed by atoms with Crippen LogP contribution in [0.1, 0.15) is 36.6 Å². The summed E-state index contributed by atoms with van der Waals surface area (Å²) in [5, 5.41) is 4.52. The van der Waals surface area contributed by atoms with Gasteiger partial charge in [-0.05, 0) is 61.9 Å². The maximum Gasteiger partial charge on any atom is 0.223 e. The molecule has 1 aliphatic carbocycles. The van der Waals surface area contributed by atoms with Gasteiger partial charge in [0.15, 0.2) is 0 Å². The zero-order chi connectivity index (χ0) is 17.4. The molecule has 1 fully saturated rings. The number of hydrogen-bond donors (Lipinski definition) is 1. The van der Waals surface area contributed by atoms with Crippen molar-refractivity contribution in [1.29, 1.82) is 0 Å². The Bertz CT molecular complexity index is 944. The first kappa shape index (κ1) is 15.8. The number of nitrogens with zero attached hydrogens (tertiary/aromatic N) is 3. The monoisotopic (exact) mass is 330 g/mol. The number of aromatic nitrogens is 3. The van der Waals surface area contributed by atoms with E-state index in [1.54, 1.807) is 0 Å². The van der Waals surface area contributed by atoms with Crippen molar-refractivity contribution in [2.45, 2.75) is 32.7 Å². The third-order valence-corrected chi connectivity index (χ3v) is 4.94. The molecule has 25 heavy (non-hydrogen) atoms. The number of aryl methyl sites for hydroxylation is 1. The maximum absolute atomic E-state index is 4.64. The first-order valence-electron chi connectivity index (χ1n) is 8.76. The Labute approximate surface area is 148 Å². The van der Waals surface area contributed by atoms with Gasteiger partial charge in [0.2, 0.25) is 5.95 Å². The number of nitrogens with one attached hydrogen (secondary N) is 1. The van der Waals surface area contributed by atoms with Gasteiger partial charge in [-0.3, -0.25) is 4.98 Å². The molecule has 4 heteroatoms. The summed E-state index contributed by atoms with van der Waals surface area (Å²) < 4.78 is 0.